The molecule has 11 heteroatoms. The molecule has 2 aromatic rings. The smallest absolute Gasteiger partial charge is 0.377 e. The fourth-order valence-corrected chi connectivity index (χ4v) is 5.12. The van der Waals surface area contributed by atoms with Gasteiger partial charge >= 0.3 is 6.18 Å². The Morgan fingerprint density at radius 3 is 2.58 bits per heavy atom. The van der Waals surface area contributed by atoms with E-state index in [1.807, 2.05) is 11.8 Å². The Kier molecular flexibility index (Phi) is 7.20. The summed E-state index contributed by atoms with van der Waals surface area (Å²) in [6.07, 6.45) is -4.48. The minimum Gasteiger partial charge on any atom is -0.377 e. The molecule has 1 N–H and O–H groups in total. The van der Waals surface area contributed by atoms with Crippen LogP contribution in [-0.2, 0) is 10.5 Å². The number of nitrogens with one attached hydrogen (secondary N) is 1. The first-order chi connectivity index (χ1) is 15.7. The van der Waals surface area contributed by atoms with Crippen LogP contribution in [0.2, 0.25) is 0 Å². The molecule has 2 unspecified atom stereocenters. The first-order valence-electron chi connectivity index (χ1n) is 10.7. The molecule has 0 bridgehead atoms. The van der Waals surface area contributed by atoms with Crippen molar-refractivity contribution in [1.82, 2.24) is 9.29 Å². The molecule has 2 saturated heterocycles. The largest absolute Gasteiger partial charge is 0.410 e. The Morgan fingerprint density at radius 1 is 1.12 bits per heavy atom. The summed E-state index contributed by atoms with van der Waals surface area (Å²) in [6.45, 7) is 3.78. The number of anilines is 2. The Hall–Kier alpha value is -2.24. The van der Waals surface area contributed by atoms with Crippen molar-refractivity contribution in [2.45, 2.75) is 30.9 Å². The zero-order chi connectivity index (χ0) is 23.6. The molecule has 33 heavy (non-hydrogen) atoms. The predicted molar refractivity (Wildman–Crippen MR) is 121 cm³/mol. The van der Waals surface area contributed by atoms with E-state index in [1.54, 1.807) is 22.5 Å². The van der Waals surface area contributed by atoms with Crippen molar-refractivity contribution in [1.29, 1.82) is 0 Å². The molecule has 3 heterocycles. The first-order valence-corrected chi connectivity index (χ1v) is 11.7. The van der Waals surface area contributed by atoms with Gasteiger partial charge in [-0.3, -0.25) is 4.79 Å². The topological polar surface area (TPSA) is 51.8 Å². The number of rotatable bonds is 5. The molecule has 0 radical (unpaired) electrons. The third-order valence-electron chi connectivity index (χ3n) is 5.87. The highest BCUT2D eigenvalue weighted by Gasteiger charge is 2.47. The molecule has 0 saturated carbocycles. The summed E-state index contributed by atoms with van der Waals surface area (Å²) in [6, 6.07) is 7.24. The van der Waals surface area contributed by atoms with E-state index in [1.165, 1.54) is 35.0 Å². The molecule has 2 aliphatic rings. The fraction of sp³-hybridized carbons (Fsp3) is 0.500. The summed E-state index contributed by atoms with van der Waals surface area (Å²) in [4.78, 5) is 18.2. The van der Waals surface area contributed by atoms with Crippen molar-refractivity contribution in [3.05, 3.63) is 58.1 Å². The number of aromatic nitrogens is 1. The van der Waals surface area contributed by atoms with Crippen LogP contribution in [0.4, 0.5) is 29.1 Å². The number of morpholine rings is 1. The summed E-state index contributed by atoms with van der Waals surface area (Å²) in [5.41, 5.74) is 0.998. The number of hydrogen-bond acceptors (Lipinski definition) is 6. The van der Waals surface area contributed by atoms with Crippen molar-refractivity contribution in [2.24, 2.45) is 0 Å². The van der Waals surface area contributed by atoms with Crippen LogP contribution >= 0.6 is 11.9 Å². The minimum atomic E-state index is -4.48. The van der Waals surface area contributed by atoms with Crippen molar-refractivity contribution >= 4 is 23.5 Å². The van der Waals surface area contributed by atoms with Crippen molar-refractivity contribution < 1.29 is 22.3 Å². The van der Waals surface area contributed by atoms with E-state index in [2.05, 4.69) is 4.98 Å². The average molecular weight is 487 g/mol. The van der Waals surface area contributed by atoms with E-state index in [0.717, 1.165) is 5.56 Å². The van der Waals surface area contributed by atoms with Crippen LogP contribution < -0.4 is 15.4 Å². The molecule has 0 amide bonds. The van der Waals surface area contributed by atoms with Crippen LogP contribution in [0, 0.1) is 5.82 Å². The maximum atomic E-state index is 14.0. The lowest BCUT2D eigenvalue weighted by Crippen LogP contribution is -2.58. The van der Waals surface area contributed by atoms with E-state index in [9.17, 15) is 22.4 Å². The number of nitrogens with zero attached hydrogens (tertiary/aromatic N) is 3. The Morgan fingerprint density at radius 2 is 1.88 bits per heavy atom. The van der Waals surface area contributed by atoms with E-state index in [-0.39, 0.29) is 30.8 Å². The van der Waals surface area contributed by atoms with E-state index in [4.69, 9.17) is 4.74 Å². The average Bonchev–Trinajstić information content (AvgIpc) is 2.78. The van der Waals surface area contributed by atoms with Gasteiger partial charge in [0.15, 0.2) is 0 Å². The lowest BCUT2D eigenvalue weighted by Gasteiger charge is -2.43. The van der Waals surface area contributed by atoms with Gasteiger partial charge in [-0.1, -0.05) is 24.1 Å². The number of benzene rings is 1. The van der Waals surface area contributed by atoms with Crippen LogP contribution in [0.1, 0.15) is 12.5 Å². The molecule has 2 atom stereocenters. The summed E-state index contributed by atoms with van der Waals surface area (Å²) >= 11 is 1.29. The second kappa shape index (κ2) is 9.94. The summed E-state index contributed by atoms with van der Waals surface area (Å²) in [7, 11) is 0. The van der Waals surface area contributed by atoms with Gasteiger partial charge in [-0.05, 0) is 24.6 Å². The van der Waals surface area contributed by atoms with Crippen molar-refractivity contribution in [3.63, 3.8) is 0 Å². The van der Waals surface area contributed by atoms with E-state index >= 15 is 0 Å². The number of H-pyrrole nitrogens is 1. The number of alkyl halides is 3. The van der Waals surface area contributed by atoms with Gasteiger partial charge in [-0.25, -0.2) is 8.70 Å². The van der Waals surface area contributed by atoms with Crippen LogP contribution in [0.25, 0.3) is 0 Å². The Balaban J connectivity index is 1.51. The van der Waals surface area contributed by atoms with Gasteiger partial charge in [-0.2, -0.15) is 13.2 Å². The highest BCUT2D eigenvalue weighted by molar-refractivity contribution is 7.96. The van der Waals surface area contributed by atoms with Gasteiger partial charge in [0.25, 0.3) is 5.56 Å². The number of piperazine rings is 1. The van der Waals surface area contributed by atoms with E-state index in [0.29, 0.717) is 37.7 Å². The molecule has 2 aliphatic heterocycles. The van der Waals surface area contributed by atoms with Gasteiger partial charge in [-0.15, -0.1) is 0 Å². The highest BCUT2D eigenvalue weighted by atomic mass is 32.2. The molecule has 4 rings (SSSR count). The first kappa shape index (κ1) is 23.9. The third-order valence-corrected chi connectivity index (χ3v) is 7.03. The van der Waals surface area contributed by atoms with Crippen molar-refractivity contribution in [3.8, 4) is 0 Å². The maximum absolute atomic E-state index is 14.0. The van der Waals surface area contributed by atoms with E-state index < -0.39 is 17.8 Å². The van der Waals surface area contributed by atoms with Crippen molar-refractivity contribution in [2.75, 3.05) is 49.2 Å². The predicted octanol–water partition coefficient (Wildman–Crippen LogP) is 3.64. The van der Waals surface area contributed by atoms with Crippen LogP contribution in [0.15, 0.2) is 41.2 Å². The van der Waals surface area contributed by atoms with Gasteiger partial charge in [0.1, 0.15) is 17.7 Å². The second-order valence-corrected chi connectivity index (χ2v) is 9.31. The number of hydrogen-bond donors (Lipinski definition) is 1. The van der Waals surface area contributed by atoms with Gasteiger partial charge in [0.2, 0.25) is 0 Å². The lowest BCUT2D eigenvalue weighted by atomic mass is 10.1. The summed E-state index contributed by atoms with van der Waals surface area (Å²) in [5.74, 6) is 0.269. The molecular weight excluding hydrogens is 460 g/mol. The zero-order valence-electron chi connectivity index (χ0n) is 18.1. The molecule has 180 valence electrons. The molecule has 0 spiro atoms. The highest BCUT2D eigenvalue weighted by Crippen LogP contribution is 2.34. The van der Waals surface area contributed by atoms with Gasteiger partial charge < -0.3 is 19.5 Å². The number of aromatic amines is 1. The summed E-state index contributed by atoms with van der Waals surface area (Å²) < 4.78 is 62.3. The molecule has 1 aromatic heterocycles. The number of ether oxygens (including phenoxy) is 1. The molecule has 6 nitrogen and oxygen atoms in total. The summed E-state index contributed by atoms with van der Waals surface area (Å²) in [5, 5.41) is 0. The Labute approximate surface area is 193 Å². The SMILES string of the molecule is CC1COCCN1c1cc(N2CCN(SCc3ccc(F)cc3)CC2C(F)(F)F)[nH]c(=O)c1. The zero-order valence-corrected chi connectivity index (χ0v) is 19.0. The van der Waals surface area contributed by atoms with Crippen LogP contribution in [0.5, 0.6) is 0 Å². The normalized spacial score (nSPS) is 22.6. The molecular formula is C22H26F4N4O2S. The maximum Gasteiger partial charge on any atom is 0.410 e. The standard InChI is InChI=1S/C22H26F4N4O2S/c1-15-13-32-9-8-29(15)18-10-20(27-21(31)11-18)30-7-6-28(12-19(30)22(24,25)26)33-14-16-2-4-17(23)5-3-16/h2-5,10-11,15,19H,6-9,12-14H2,1H3,(H,27,31). The van der Waals surface area contributed by atoms with Crippen LogP contribution in [-0.4, -0.2) is 66.9 Å². The van der Waals surface area contributed by atoms with Gasteiger partial charge in [0.05, 0.1) is 13.2 Å². The Bertz CT molecular complexity index is 1000. The quantitative estimate of drug-likeness (QED) is 0.515. The number of halogens is 4. The third kappa shape index (κ3) is 5.82. The van der Waals surface area contributed by atoms with Crippen LogP contribution in [0.3, 0.4) is 0 Å². The number of pyridine rings is 1. The second-order valence-electron chi connectivity index (χ2n) is 8.24. The monoisotopic (exact) mass is 486 g/mol. The lowest BCUT2D eigenvalue weighted by molar-refractivity contribution is -0.153. The molecule has 0 aliphatic carbocycles. The fourth-order valence-electron chi connectivity index (χ4n) is 4.14. The molecule has 1 aromatic carbocycles. The molecule has 2 fully saturated rings. The minimum absolute atomic E-state index is 0.0199. The van der Waals surface area contributed by atoms with Gasteiger partial charge in [0, 0.05) is 55.8 Å².